The smallest absolute Gasteiger partial charge is 0.466 e. The van der Waals surface area contributed by atoms with Crippen LogP contribution in [0.15, 0.2) is 18.2 Å². The van der Waals surface area contributed by atoms with Crippen molar-refractivity contribution in [2.24, 2.45) is 5.84 Å². The molecule has 16 heavy (non-hydrogen) atoms. The number of hydrazine groups is 1. The molecule has 92 valence electrons. The molecule has 0 spiro atoms. The molecule has 0 amide bonds. The number of hydrogen-bond acceptors (Lipinski definition) is 4. The number of nitrogens with one attached hydrogen (secondary N) is 1. The molecule has 0 saturated carbocycles. The first kappa shape index (κ1) is 14.8. The second kappa shape index (κ2) is 6.41. The number of nitrogens with two attached hydrogens (primary N) is 1. The molecule has 0 fully saturated rings. The lowest BCUT2D eigenvalue weighted by atomic mass is 10.3. The van der Waals surface area contributed by atoms with Gasteiger partial charge in [0.2, 0.25) is 0 Å². The Labute approximate surface area is 90.9 Å². The zero-order valence-corrected chi connectivity index (χ0v) is 9.19. The lowest BCUT2D eigenvalue weighted by Gasteiger charge is -2.06. The Morgan fingerprint density at radius 2 is 1.94 bits per heavy atom. The van der Waals surface area contributed by atoms with Gasteiger partial charge in [-0.25, -0.2) is 8.96 Å². The minimum Gasteiger partial charge on any atom is -0.494 e. The number of benzene rings is 1. The zero-order valence-electron chi connectivity index (χ0n) is 8.29. The Balaban J connectivity index is 0.000000385. The number of anilines is 1. The second-order valence-corrected chi connectivity index (χ2v) is 3.50. The highest BCUT2D eigenvalue weighted by Crippen LogP contribution is 2.26. The van der Waals surface area contributed by atoms with Gasteiger partial charge in [0, 0.05) is 0 Å². The van der Waals surface area contributed by atoms with Crippen LogP contribution in [0.1, 0.15) is 0 Å². The Morgan fingerprint density at radius 1 is 1.44 bits per heavy atom. The van der Waals surface area contributed by atoms with Gasteiger partial charge in [0.15, 0.2) is 5.82 Å². The van der Waals surface area contributed by atoms with Gasteiger partial charge in [0.1, 0.15) is 11.4 Å². The number of para-hydroxylation sites is 1. The maximum atomic E-state index is 12.8. The summed E-state index contributed by atoms with van der Waals surface area (Å²) in [4.78, 5) is 21.6. The highest BCUT2D eigenvalue weighted by molar-refractivity contribution is 7.45. The van der Waals surface area contributed by atoms with E-state index < -0.39 is 13.6 Å². The third kappa shape index (κ3) is 6.33. The monoisotopic (exact) mass is 254 g/mol. The highest BCUT2D eigenvalue weighted by Gasteiger charge is 2.05. The van der Waals surface area contributed by atoms with Gasteiger partial charge in [-0.05, 0) is 12.1 Å². The number of halogens is 1. The predicted molar refractivity (Wildman–Crippen MR) is 55.0 cm³/mol. The quantitative estimate of drug-likeness (QED) is 0.290. The van der Waals surface area contributed by atoms with Crippen LogP contribution in [-0.4, -0.2) is 21.8 Å². The van der Waals surface area contributed by atoms with Gasteiger partial charge in [-0.15, -0.1) is 0 Å². The van der Waals surface area contributed by atoms with E-state index in [-0.39, 0.29) is 5.69 Å². The van der Waals surface area contributed by atoms with E-state index in [1.165, 1.54) is 13.2 Å². The molecule has 0 aliphatic carbocycles. The summed E-state index contributed by atoms with van der Waals surface area (Å²) in [5, 5.41) is 0. The van der Waals surface area contributed by atoms with Crippen LogP contribution in [0.5, 0.6) is 5.75 Å². The highest BCUT2D eigenvalue weighted by atomic mass is 31.2. The molecule has 7 nitrogen and oxygen atoms in total. The Hall–Kier alpha value is -1.18. The molecule has 9 heteroatoms. The van der Waals surface area contributed by atoms with Crippen molar-refractivity contribution in [2.75, 3.05) is 12.5 Å². The van der Waals surface area contributed by atoms with Crippen LogP contribution in [0.4, 0.5) is 10.1 Å². The van der Waals surface area contributed by atoms with E-state index in [4.69, 9.17) is 29.8 Å². The van der Waals surface area contributed by atoms with Crippen molar-refractivity contribution in [3.05, 3.63) is 24.0 Å². The maximum absolute atomic E-state index is 12.8. The fourth-order valence-electron chi connectivity index (χ4n) is 0.815. The zero-order chi connectivity index (χ0) is 12.8. The van der Waals surface area contributed by atoms with Crippen LogP contribution in [0.2, 0.25) is 0 Å². The molecule has 0 radical (unpaired) electrons. The first-order chi connectivity index (χ1) is 7.29. The standard InChI is InChI=1S/C7H9FN2O.H3O4P/c1-11-6-4-2-3-5(8)7(6)10-9;1-5(2,3)4/h2-4,10H,9H2,1H3;(H3,1,2,3,4). The van der Waals surface area contributed by atoms with E-state index in [1.807, 2.05) is 0 Å². The SMILES string of the molecule is COc1cccc(F)c1NN.O=P(O)(O)O. The van der Waals surface area contributed by atoms with Crippen molar-refractivity contribution >= 4 is 13.5 Å². The third-order valence-corrected chi connectivity index (χ3v) is 1.34. The van der Waals surface area contributed by atoms with Crippen LogP contribution in [0, 0.1) is 5.82 Å². The van der Waals surface area contributed by atoms with E-state index in [0.717, 1.165) is 0 Å². The molecule has 0 aliphatic rings. The van der Waals surface area contributed by atoms with Gasteiger partial charge < -0.3 is 24.8 Å². The Morgan fingerprint density at radius 3 is 2.25 bits per heavy atom. The summed E-state index contributed by atoms with van der Waals surface area (Å²) in [5.41, 5.74) is 2.39. The molecule has 0 heterocycles. The van der Waals surface area contributed by atoms with Gasteiger partial charge in [-0.1, -0.05) is 6.07 Å². The summed E-state index contributed by atoms with van der Waals surface area (Å²) in [6, 6.07) is 4.48. The molecule has 0 bridgehead atoms. The van der Waals surface area contributed by atoms with Crippen LogP contribution in [-0.2, 0) is 4.57 Å². The van der Waals surface area contributed by atoms with Gasteiger partial charge >= 0.3 is 7.82 Å². The summed E-state index contributed by atoms with van der Waals surface area (Å²) in [6.07, 6.45) is 0. The van der Waals surface area contributed by atoms with Crippen LogP contribution < -0.4 is 16.0 Å². The average Bonchev–Trinajstić information content (AvgIpc) is 2.14. The molecular weight excluding hydrogens is 242 g/mol. The average molecular weight is 254 g/mol. The maximum Gasteiger partial charge on any atom is 0.466 e. The van der Waals surface area contributed by atoms with Gasteiger partial charge in [0.25, 0.3) is 0 Å². The number of nitrogen functional groups attached to an aromatic ring is 1. The summed E-state index contributed by atoms with van der Waals surface area (Å²) >= 11 is 0. The first-order valence-corrected chi connectivity index (χ1v) is 5.43. The predicted octanol–water partition coefficient (Wildman–Crippen LogP) is 0.191. The fraction of sp³-hybridized carbons (Fsp3) is 0.143. The molecule has 1 aromatic carbocycles. The van der Waals surface area contributed by atoms with Crippen molar-refractivity contribution in [2.45, 2.75) is 0 Å². The molecule has 6 N–H and O–H groups in total. The van der Waals surface area contributed by atoms with E-state index in [0.29, 0.717) is 5.75 Å². The van der Waals surface area contributed by atoms with Gasteiger partial charge in [-0.2, -0.15) is 0 Å². The molecule has 0 aromatic heterocycles. The molecule has 0 atom stereocenters. The second-order valence-electron chi connectivity index (χ2n) is 2.47. The minimum atomic E-state index is -4.64. The Bertz CT molecular complexity index is 375. The normalized spacial score (nSPS) is 10.1. The van der Waals surface area contributed by atoms with Crippen LogP contribution in [0.25, 0.3) is 0 Å². The van der Waals surface area contributed by atoms with Gasteiger partial charge in [-0.3, -0.25) is 5.84 Å². The van der Waals surface area contributed by atoms with Crippen LogP contribution >= 0.6 is 7.82 Å². The van der Waals surface area contributed by atoms with Crippen molar-refractivity contribution in [1.82, 2.24) is 0 Å². The summed E-state index contributed by atoms with van der Waals surface area (Å²) in [6.45, 7) is 0. The molecular formula is C7H12FN2O5P. The fourth-order valence-corrected chi connectivity index (χ4v) is 0.815. The number of rotatable bonds is 2. The molecule has 0 saturated heterocycles. The molecule has 0 aliphatic heterocycles. The van der Waals surface area contributed by atoms with E-state index in [9.17, 15) is 4.39 Å². The van der Waals surface area contributed by atoms with Crippen molar-refractivity contribution < 1.29 is 28.4 Å². The number of ether oxygens (including phenoxy) is 1. The number of methoxy groups -OCH3 is 1. The van der Waals surface area contributed by atoms with Crippen molar-refractivity contribution in [3.63, 3.8) is 0 Å². The minimum absolute atomic E-state index is 0.176. The van der Waals surface area contributed by atoms with Crippen molar-refractivity contribution in [1.29, 1.82) is 0 Å². The largest absolute Gasteiger partial charge is 0.494 e. The summed E-state index contributed by atoms with van der Waals surface area (Å²) < 4.78 is 26.5. The third-order valence-electron chi connectivity index (χ3n) is 1.34. The number of phosphoric acid groups is 1. The molecule has 1 rings (SSSR count). The topological polar surface area (TPSA) is 125 Å². The first-order valence-electron chi connectivity index (χ1n) is 3.87. The summed E-state index contributed by atoms with van der Waals surface area (Å²) in [5.74, 6) is 5.03. The molecule has 1 aromatic rings. The molecule has 0 unspecified atom stereocenters. The van der Waals surface area contributed by atoms with E-state index >= 15 is 0 Å². The van der Waals surface area contributed by atoms with Crippen LogP contribution in [0.3, 0.4) is 0 Å². The number of hydrogen-bond donors (Lipinski definition) is 5. The van der Waals surface area contributed by atoms with E-state index in [1.54, 1.807) is 12.1 Å². The van der Waals surface area contributed by atoms with Crippen molar-refractivity contribution in [3.8, 4) is 5.75 Å². The lowest BCUT2D eigenvalue weighted by Crippen LogP contribution is -2.09. The van der Waals surface area contributed by atoms with Gasteiger partial charge in [0.05, 0.1) is 7.11 Å². The lowest BCUT2D eigenvalue weighted by molar-refractivity contribution is 0.275. The Kier molecular flexibility index (Phi) is 5.94. The van der Waals surface area contributed by atoms with E-state index in [2.05, 4.69) is 5.43 Å². The summed E-state index contributed by atoms with van der Waals surface area (Å²) in [7, 11) is -3.18.